The summed E-state index contributed by atoms with van der Waals surface area (Å²) in [5, 5.41) is 0. The van der Waals surface area contributed by atoms with Gasteiger partial charge in [-0.25, -0.2) is 4.39 Å². The summed E-state index contributed by atoms with van der Waals surface area (Å²) in [5.74, 6) is -0.0281. The van der Waals surface area contributed by atoms with E-state index in [1.165, 1.54) is 12.1 Å². The predicted octanol–water partition coefficient (Wildman–Crippen LogP) is 3.79. The van der Waals surface area contributed by atoms with Crippen LogP contribution in [0.2, 0.25) is 0 Å². The Hall–Kier alpha value is -2.41. The quantitative estimate of drug-likeness (QED) is 0.680. The van der Waals surface area contributed by atoms with E-state index in [4.69, 9.17) is 0 Å². The molecule has 2 saturated heterocycles. The summed E-state index contributed by atoms with van der Waals surface area (Å²) in [5.41, 5.74) is 1.67. The van der Waals surface area contributed by atoms with Crippen LogP contribution in [0.4, 0.5) is 10.1 Å². The van der Waals surface area contributed by atoms with Crippen LogP contribution in [0.1, 0.15) is 23.2 Å². The van der Waals surface area contributed by atoms with Gasteiger partial charge in [-0.1, -0.05) is 15.9 Å². The second kappa shape index (κ2) is 9.16. The zero-order chi connectivity index (χ0) is 21.1. The maximum atomic E-state index is 13.1. The molecule has 4 rings (SSSR count). The summed E-state index contributed by atoms with van der Waals surface area (Å²) >= 11 is 3.39. The number of nitrogens with zero attached hydrogens (tertiary/aromatic N) is 3. The van der Waals surface area contributed by atoms with Crippen LogP contribution in [-0.2, 0) is 4.79 Å². The summed E-state index contributed by atoms with van der Waals surface area (Å²) in [7, 11) is 0. The van der Waals surface area contributed by atoms with Crippen molar-refractivity contribution in [2.24, 2.45) is 5.92 Å². The van der Waals surface area contributed by atoms with Crippen molar-refractivity contribution in [3.05, 3.63) is 64.4 Å². The Balaban J connectivity index is 1.27. The third-order valence-corrected chi connectivity index (χ3v) is 6.53. The van der Waals surface area contributed by atoms with Crippen molar-refractivity contribution in [1.82, 2.24) is 9.80 Å². The van der Waals surface area contributed by atoms with E-state index in [9.17, 15) is 14.0 Å². The highest BCUT2D eigenvalue weighted by Crippen LogP contribution is 2.24. The van der Waals surface area contributed by atoms with Gasteiger partial charge in [0, 0.05) is 60.9 Å². The van der Waals surface area contributed by atoms with E-state index in [-0.39, 0.29) is 23.5 Å². The number of piperidine rings is 1. The number of halogens is 2. The molecule has 2 aromatic carbocycles. The van der Waals surface area contributed by atoms with Crippen LogP contribution >= 0.6 is 15.9 Å². The second-order valence-electron chi connectivity index (χ2n) is 7.86. The van der Waals surface area contributed by atoms with Crippen LogP contribution in [0.25, 0.3) is 0 Å². The standard InChI is InChI=1S/C23H25BrFN3O2/c24-19-3-1-17(2-4-19)22(29)27-11-9-18(10-12-27)23(30)28-15-13-26(14-16-28)21-7-5-20(25)6-8-21/h1-8,18H,9-16H2. The molecule has 2 aliphatic heterocycles. The van der Waals surface area contributed by atoms with Gasteiger partial charge in [-0.05, 0) is 61.4 Å². The molecule has 5 nitrogen and oxygen atoms in total. The lowest BCUT2D eigenvalue weighted by Gasteiger charge is -2.39. The zero-order valence-electron chi connectivity index (χ0n) is 16.8. The molecular formula is C23H25BrFN3O2. The third kappa shape index (κ3) is 4.67. The van der Waals surface area contributed by atoms with Gasteiger partial charge < -0.3 is 14.7 Å². The first-order chi connectivity index (χ1) is 14.5. The molecule has 0 spiro atoms. The molecule has 158 valence electrons. The van der Waals surface area contributed by atoms with Crippen molar-refractivity contribution in [3.8, 4) is 0 Å². The van der Waals surface area contributed by atoms with E-state index in [0.29, 0.717) is 44.6 Å². The number of piperazine rings is 1. The number of likely N-dealkylation sites (tertiary alicyclic amines) is 1. The number of amides is 2. The van der Waals surface area contributed by atoms with Gasteiger partial charge in [0.25, 0.3) is 5.91 Å². The van der Waals surface area contributed by atoms with Crippen molar-refractivity contribution < 1.29 is 14.0 Å². The van der Waals surface area contributed by atoms with Gasteiger partial charge in [-0.15, -0.1) is 0 Å². The lowest BCUT2D eigenvalue weighted by molar-refractivity contribution is -0.137. The molecule has 0 N–H and O–H groups in total. The zero-order valence-corrected chi connectivity index (χ0v) is 18.4. The second-order valence-corrected chi connectivity index (χ2v) is 8.78. The average Bonchev–Trinajstić information content (AvgIpc) is 2.79. The Kier molecular flexibility index (Phi) is 6.37. The summed E-state index contributed by atoms with van der Waals surface area (Å²) < 4.78 is 14.1. The highest BCUT2D eigenvalue weighted by Gasteiger charge is 2.32. The third-order valence-electron chi connectivity index (χ3n) is 6.01. The Morgan fingerprint density at radius 3 is 2.00 bits per heavy atom. The molecule has 30 heavy (non-hydrogen) atoms. The average molecular weight is 474 g/mol. The van der Waals surface area contributed by atoms with Crippen molar-refractivity contribution in [1.29, 1.82) is 0 Å². The minimum Gasteiger partial charge on any atom is -0.368 e. The fourth-order valence-corrected chi connectivity index (χ4v) is 4.46. The topological polar surface area (TPSA) is 43.9 Å². The van der Waals surface area contributed by atoms with E-state index in [1.807, 2.05) is 34.1 Å². The monoisotopic (exact) mass is 473 g/mol. The molecular weight excluding hydrogens is 449 g/mol. The Morgan fingerprint density at radius 2 is 1.40 bits per heavy atom. The summed E-state index contributed by atoms with van der Waals surface area (Å²) in [6.07, 6.45) is 1.42. The maximum Gasteiger partial charge on any atom is 0.253 e. The molecule has 2 fully saturated rings. The molecule has 0 unspecified atom stereocenters. The van der Waals surface area contributed by atoms with Gasteiger partial charge >= 0.3 is 0 Å². The number of anilines is 1. The van der Waals surface area contributed by atoms with E-state index in [1.54, 1.807) is 12.1 Å². The summed E-state index contributed by atoms with van der Waals surface area (Å²) in [4.78, 5) is 31.6. The normalized spacial score (nSPS) is 17.9. The molecule has 0 aromatic heterocycles. The first kappa shape index (κ1) is 20.8. The van der Waals surface area contributed by atoms with Crippen molar-refractivity contribution in [3.63, 3.8) is 0 Å². The van der Waals surface area contributed by atoms with Gasteiger partial charge in [-0.3, -0.25) is 9.59 Å². The molecule has 0 aliphatic carbocycles. The van der Waals surface area contributed by atoms with Gasteiger partial charge in [0.15, 0.2) is 0 Å². The summed E-state index contributed by atoms with van der Waals surface area (Å²) in [6, 6.07) is 13.9. The van der Waals surface area contributed by atoms with Crippen LogP contribution in [-0.4, -0.2) is 60.9 Å². The number of carbonyl (C=O) groups excluding carboxylic acids is 2. The first-order valence-corrected chi connectivity index (χ1v) is 11.1. The fourth-order valence-electron chi connectivity index (χ4n) is 4.20. The number of rotatable bonds is 3. The molecule has 2 amide bonds. The SMILES string of the molecule is O=C(c1ccc(Br)cc1)N1CCC(C(=O)N2CCN(c3ccc(F)cc3)CC2)CC1. The van der Waals surface area contributed by atoms with E-state index in [2.05, 4.69) is 20.8 Å². The van der Waals surface area contributed by atoms with E-state index < -0.39 is 0 Å². The van der Waals surface area contributed by atoms with Crippen molar-refractivity contribution >= 4 is 33.4 Å². The predicted molar refractivity (Wildman–Crippen MR) is 118 cm³/mol. The highest BCUT2D eigenvalue weighted by molar-refractivity contribution is 9.10. The molecule has 0 bridgehead atoms. The molecule has 0 radical (unpaired) electrons. The summed E-state index contributed by atoms with van der Waals surface area (Å²) in [6.45, 7) is 4.07. The van der Waals surface area contributed by atoms with Crippen molar-refractivity contribution in [2.75, 3.05) is 44.2 Å². The van der Waals surface area contributed by atoms with Gasteiger partial charge in [0.1, 0.15) is 5.82 Å². The smallest absolute Gasteiger partial charge is 0.253 e. The molecule has 7 heteroatoms. The van der Waals surface area contributed by atoms with E-state index in [0.717, 1.165) is 23.2 Å². The lowest BCUT2D eigenvalue weighted by Crippen LogP contribution is -2.52. The molecule has 2 aromatic rings. The highest BCUT2D eigenvalue weighted by atomic mass is 79.9. The maximum absolute atomic E-state index is 13.1. The first-order valence-electron chi connectivity index (χ1n) is 10.4. The van der Waals surface area contributed by atoms with Crippen LogP contribution in [0.3, 0.4) is 0 Å². The van der Waals surface area contributed by atoms with E-state index >= 15 is 0 Å². The Bertz CT molecular complexity index is 888. The largest absolute Gasteiger partial charge is 0.368 e. The minimum atomic E-state index is -0.238. The van der Waals surface area contributed by atoms with Gasteiger partial charge in [0.2, 0.25) is 5.91 Å². The Morgan fingerprint density at radius 1 is 0.800 bits per heavy atom. The van der Waals surface area contributed by atoms with Crippen LogP contribution in [0.15, 0.2) is 53.0 Å². The number of benzene rings is 2. The number of carbonyl (C=O) groups is 2. The van der Waals surface area contributed by atoms with Crippen LogP contribution < -0.4 is 4.90 Å². The van der Waals surface area contributed by atoms with Crippen LogP contribution in [0, 0.1) is 11.7 Å². The lowest BCUT2D eigenvalue weighted by atomic mass is 9.94. The molecule has 2 aliphatic rings. The number of hydrogen-bond acceptors (Lipinski definition) is 3. The molecule has 2 heterocycles. The van der Waals surface area contributed by atoms with Crippen LogP contribution in [0.5, 0.6) is 0 Å². The Labute approximate surface area is 184 Å². The number of hydrogen-bond donors (Lipinski definition) is 0. The molecule has 0 atom stereocenters. The van der Waals surface area contributed by atoms with Crippen molar-refractivity contribution in [2.45, 2.75) is 12.8 Å². The minimum absolute atomic E-state index is 0.0173. The fraction of sp³-hybridized carbons (Fsp3) is 0.391. The van der Waals surface area contributed by atoms with Gasteiger partial charge in [-0.2, -0.15) is 0 Å². The molecule has 0 saturated carbocycles. The van der Waals surface area contributed by atoms with Gasteiger partial charge in [0.05, 0.1) is 0 Å².